The standard InChI is InChI=1S/C35H46ClN9O4Si/c1-21-38-30(49-42-21)19-44-18-27-28(41-44)11-10-25(31(27)36)26-17-43(20-47-12-13-50(5,6)7)33-32(26)37-16-29(40-33)45-23-8-9-24(45)15-22(14-23)39-34(46)48-35(2,3)4/h10-11,16-18,22-24H,8-9,12-15,19-20H2,1-7H3,(H,39,46)/t22-,23+,24-. The molecule has 6 heterocycles. The third kappa shape index (κ3) is 7.37. The van der Waals surface area contributed by atoms with Crippen LogP contribution in [-0.2, 0) is 22.7 Å². The number of piperidine rings is 1. The number of ether oxygens (including phenoxy) is 2. The third-order valence-corrected chi connectivity index (χ3v) is 11.4. The summed E-state index contributed by atoms with van der Waals surface area (Å²) in [6.45, 7) is 15.9. The zero-order valence-electron chi connectivity index (χ0n) is 29.9. The van der Waals surface area contributed by atoms with E-state index in [0.29, 0.717) is 36.6 Å². The molecule has 5 aromatic rings. The Bertz CT molecular complexity index is 2010. The number of aryl methyl sites for hydroxylation is 1. The molecule has 0 radical (unpaired) electrons. The lowest BCUT2D eigenvalue weighted by molar-refractivity contribution is 0.0492. The number of aromatic nitrogens is 7. The van der Waals surface area contributed by atoms with E-state index in [1.807, 2.05) is 56.1 Å². The number of halogens is 1. The molecule has 1 aromatic carbocycles. The van der Waals surface area contributed by atoms with Gasteiger partial charge in [0, 0.05) is 61.7 Å². The number of hydrogen-bond acceptors (Lipinski definition) is 10. The average Bonchev–Trinajstić information content (AvgIpc) is 3.78. The molecule has 2 bridgehead atoms. The second kappa shape index (κ2) is 13.3. The normalized spacial score (nSPS) is 19.5. The van der Waals surface area contributed by atoms with Crippen molar-refractivity contribution in [2.75, 3.05) is 11.5 Å². The molecule has 4 aromatic heterocycles. The maximum Gasteiger partial charge on any atom is 0.407 e. The van der Waals surface area contributed by atoms with Crippen LogP contribution < -0.4 is 10.2 Å². The summed E-state index contributed by atoms with van der Waals surface area (Å²) in [5.74, 6) is 1.90. The molecule has 0 spiro atoms. The van der Waals surface area contributed by atoms with E-state index in [2.05, 4.69) is 45.1 Å². The van der Waals surface area contributed by atoms with Crippen LogP contribution in [0.3, 0.4) is 0 Å². The summed E-state index contributed by atoms with van der Waals surface area (Å²) in [5, 5.41) is 13.1. The highest BCUT2D eigenvalue weighted by molar-refractivity contribution is 6.76. The van der Waals surface area contributed by atoms with E-state index in [9.17, 15) is 4.79 Å². The Balaban J connectivity index is 1.19. The fourth-order valence-electron chi connectivity index (χ4n) is 7.08. The number of hydrogen-bond donors (Lipinski definition) is 1. The molecule has 0 unspecified atom stereocenters. The summed E-state index contributed by atoms with van der Waals surface area (Å²) in [5.41, 5.74) is 3.46. The number of rotatable bonds is 10. The van der Waals surface area contributed by atoms with Crippen molar-refractivity contribution in [2.45, 2.75) is 116 Å². The lowest BCUT2D eigenvalue weighted by Crippen LogP contribution is -2.51. The minimum Gasteiger partial charge on any atom is -0.444 e. The summed E-state index contributed by atoms with van der Waals surface area (Å²) < 4.78 is 20.9. The SMILES string of the molecule is Cc1noc(Cn2cc3c(Cl)c(-c4cn(COCC[Si](C)(C)C)c5nc(N6[C@@H]7CC[C@H]6C[C@@H](NC(=O)OC(C)(C)C)C7)cnc45)ccc3n2)n1. The van der Waals surface area contributed by atoms with Gasteiger partial charge >= 0.3 is 6.09 Å². The number of benzene rings is 1. The summed E-state index contributed by atoms with van der Waals surface area (Å²) >= 11 is 7.13. The van der Waals surface area contributed by atoms with Crippen molar-refractivity contribution < 1.29 is 18.8 Å². The van der Waals surface area contributed by atoms with Crippen LogP contribution in [0, 0.1) is 6.92 Å². The molecule has 2 aliphatic heterocycles. The molecule has 13 nitrogen and oxygen atoms in total. The van der Waals surface area contributed by atoms with Crippen LogP contribution in [0.2, 0.25) is 30.7 Å². The fraction of sp³-hybridized carbons (Fsp3) is 0.543. The van der Waals surface area contributed by atoms with E-state index in [-0.39, 0.29) is 24.2 Å². The van der Waals surface area contributed by atoms with Gasteiger partial charge in [0.15, 0.2) is 11.5 Å². The Hall–Kier alpha value is -4.01. The zero-order chi connectivity index (χ0) is 35.4. The first-order valence-electron chi connectivity index (χ1n) is 17.4. The third-order valence-electron chi connectivity index (χ3n) is 9.33. The minimum atomic E-state index is -1.26. The lowest BCUT2D eigenvalue weighted by atomic mass is 9.97. The first-order chi connectivity index (χ1) is 23.7. The predicted molar refractivity (Wildman–Crippen MR) is 195 cm³/mol. The quantitative estimate of drug-likeness (QED) is 0.117. The second-order valence-corrected chi connectivity index (χ2v) is 21.8. The van der Waals surface area contributed by atoms with Crippen molar-refractivity contribution in [3.05, 3.63) is 47.5 Å². The molecule has 1 N–H and O–H groups in total. The molecule has 0 aliphatic carbocycles. The van der Waals surface area contributed by atoms with Crippen molar-refractivity contribution in [3.8, 4) is 11.1 Å². The van der Waals surface area contributed by atoms with Crippen molar-refractivity contribution >= 4 is 53.7 Å². The van der Waals surface area contributed by atoms with Crippen LogP contribution in [0.25, 0.3) is 33.2 Å². The lowest BCUT2D eigenvalue weighted by Gasteiger charge is -2.39. The molecule has 15 heteroatoms. The number of carbonyl (C=O) groups is 1. The van der Waals surface area contributed by atoms with Crippen LogP contribution in [-0.4, -0.2) is 79.0 Å². The Morgan fingerprint density at radius 3 is 2.54 bits per heavy atom. The number of anilines is 1. The molecule has 2 aliphatic rings. The minimum absolute atomic E-state index is 0.0584. The first-order valence-corrected chi connectivity index (χ1v) is 21.5. The Morgan fingerprint density at radius 2 is 1.86 bits per heavy atom. The van der Waals surface area contributed by atoms with E-state index < -0.39 is 13.7 Å². The summed E-state index contributed by atoms with van der Waals surface area (Å²) in [6.07, 6.45) is 9.21. The van der Waals surface area contributed by atoms with Gasteiger partial charge in [-0.05, 0) is 65.5 Å². The van der Waals surface area contributed by atoms with Crippen molar-refractivity contribution in [3.63, 3.8) is 0 Å². The van der Waals surface area contributed by atoms with E-state index >= 15 is 0 Å². The van der Waals surface area contributed by atoms with Crippen molar-refractivity contribution in [1.29, 1.82) is 0 Å². The molecule has 1 amide bonds. The number of nitrogens with one attached hydrogen (secondary N) is 1. The summed E-state index contributed by atoms with van der Waals surface area (Å²) in [6, 6.07) is 5.59. The van der Waals surface area contributed by atoms with Gasteiger partial charge in [-0.25, -0.2) is 14.8 Å². The molecular weight excluding hydrogens is 674 g/mol. The van der Waals surface area contributed by atoms with Crippen LogP contribution in [0.1, 0.15) is 58.2 Å². The van der Waals surface area contributed by atoms with Crippen LogP contribution in [0.15, 0.2) is 35.2 Å². The predicted octanol–water partition coefficient (Wildman–Crippen LogP) is 7.18. The summed E-state index contributed by atoms with van der Waals surface area (Å²) in [7, 11) is -1.26. The second-order valence-electron chi connectivity index (χ2n) is 15.8. The highest BCUT2D eigenvalue weighted by atomic mass is 35.5. The molecule has 0 saturated carbocycles. The number of fused-ring (bicyclic) bond motifs is 4. The molecule has 50 heavy (non-hydrogen) atoms. The highest BCUT2D eigenvalue weighted by Crippen LogP contribution is 2.41. The van der Waals surface area contributed by atoms with Gasteiger partial charge in [-0.3, -0.25) is 4.68 Å². The maximum absolute atomic E-state index is 12.5. The van der Waals surface area contributed by atoms with Gasteiger partial charge in [-0.2, -0.15) is 10.1 Å². The number of carbonyl (C=O) groups excluding carboxylic acids is 1. The fourth-order valence-corrected chi connectivity index (χ4v) is 8.15. The number of alkyl carbamates (subject to hydrolysis) is 1. The average molecular weight is 720 g/mol. The van der Waals surface area contributed by atoms with Gasteiger partial charge in [0.2, 0.25) is 5.89 Å². The van der Waals surface area contributed by atoms with E-state index in [4.69, 9.17) is 35.6 Å². The monoisotopic (exact) mass is 719 g/mol. The van der Waals surface area contributed by atoms with E-state index in [0.717, 1.165) is 70.7 Å². The topological polar surface area (TPSA) is 138 Å². The molecule has 2 fully saturated rings. The van der Waals surface area contributed by atoms with Gasteiger partial charge in [-0.15, -0.1) is 0 Å². The molecule has 266 valence electrons. The molecule has 3 atom stereocenters. The van der Waals surface area contributed by atoms with Crippen LogP contribution in [0.5, 0.6) is 0 Å². The molecular formula is C35H46ClN9O4Si. The molecule has 2 saturated heterocycles. The largest absolute Gasteiger partial charge is 0.444 e. The van der Waals surface area contributed by atoms with Gasteiger partial charge in [0.1, 0.15) is 30.2 Å². The van der Waals surface area contributed by atoms with Gasteiger partial charge in [0.05, 0.1) is 16.7 Å². The highest BCUT2D eigenvalue weighted by Gasteiger charge is 2.42. The number of amides is 1. The van der Waals surface area contributed by atoms with E-state index in [1.165, 1.54) is 0 Å². The molecule has 7 rings (SSSR count). The van der Waals surface area contributed by atoms with Gasteiger partial charge < -0.3 is 28.8 Å². The first kappa shape index (κ1) is 34.4. The number of nitrogens with zero attached hydrogens (tertiary/aromatic N) is 8. The zero-order valence-corrected chi connectivity index (χ0v) is 31.6. The smallest absolute Gasteiger partial charge is 0.407 e. The van der Waals surface area contributed by atoms with Gasteiger partial charge in [-0.1, -0.05) is 42.5 Å². The van der Waals surface area contributed by atoms with Crippen molar-refractivity contribution in [2.24, 2.45) is 0 Å². The van der Waals surface area contributed by atoms with Crippen LogP contribution >= 0.6 is 11.6 Å². The van der Waals surface area contributed by atoms with Crippen LogP contribution in [0.4, 0.5) is 10.6 Å². The Kier molecular flexibility index (Phi) is 9.14. The van der Waals surface area contributed by atoms with Crippen molar-refractivity contribution in [1.82, 2.24) is 39.8 Å². The van der Waals surface area contributed by atoms with Gasteiger partial charge in [0.25, 0.3) is 0 Å². The Labute approximate surface area is 297 Å². The summed E-state index contributed by atoms with van der Waals surface area (Å²) in [4.78, 5) is 29.5. The Morgan fingerprint density at radius 1 is 1.10 bits per heavy atom. The van der Waals surface area contributed by atoms with E-state index in [1.54, 1.807) is 11.6 Å². The maximum atomic E-state index is 12.5.